The zero-order chi connectivity index (χ0) is 14.0. The van der Waals surface area contributed by atoms with E-state index in [0.717, 1.165) is 32.5 Å². The topological polar surface area (TPSA) is 48.1 Å². The Hall–Kier alpha value is -1.39. The fourth-order valence-corrected chi connectivity index (χ4v) is 3.04. The van der Waals surface area contributed by atoms with Crippen LogP contribution in [-0.4, -0.2) is 4.98 Å². The Kier molecular flexibility index (Phi) is 4.22. The molecule has 0 saturated carbocycles. The molecule has 2 rings (SSSR count). The van der Waals surface area contributed by atoms with Crippen LogP contribution in [-0.2, 0) is 6.61 Å². The molecule has 1 heterocycles. The van der Waals surface area contributed by atoms with Gasteiger partial charge in [-0.3, -0.25) is 0 Å². The lowest BCUT2D eigenvalue weighted by Gasteiger charge is -2.10. The lowest BCUT2D eigenvalue weighted by molar-refractivity contribution is 0.301. The van der Waals surface area contributed by atoms with Gasteiger partial charge in [-0.1, -0.05) is 18.2 Å². The van der Waals surface area contributed by atoms with Crippen LogP contribution < -0.4 is 10.5 Å². The number of ether oxygens (including phenoxy) is 1. The van der Waals surface area contributed by atoms with Crippen molar-refractivity contribution in [1.82, 2.24) is 4.98 Å². The van der Waals surface area contributed by atoms with Gasteiger partial charge in [0.05, 0.1) is 5.69 Å². The maximum atomic E-state index is 5.91. The second kappa shape index (κ2) is 5.72. The number of nitrogens with zero attached hydrogens (tertiary/aromatic N) is 1. The van der Waals surface area contributed by atoms with E-state index in [-0.39, 0.29) is 6.04 Å². The third-order valence-electron chi connectivity index (χ3n) is 3.04. The predicted molar refractivity (Wildman–Crippen MR) is 79.7 cm³/mol. The number of benzene rings is 1. The van der Waals surface area contributed by atoms with Crippen molar-refractivity contribution in [2.24, 2.45) is 5.73 Å². The van der Waals surface area contributed by atoms with Crippen LogP contribution in [0, 0.1) is 20.8 Å². The molecule has 0 saturated heterocycles. The minimum atomic E-state index is 0.0337. The quantitative estimate of drug-likeness (QED) is 0.927. The van der Waals surface area contributed by atoms with Gasteiger partial charge in [0, 0.05) is 10.9 Å². The van der Waals surface area contributed by atoms with Crippen LogP contribution in [0.1, 0.15) is 39.7 Å². The van der Waals surface area contributed by atoms with Crippen LogP contribution in [0.5, 0.6) is 5.75 Å². The molecule has 19 heavy (non-hydrogen) atoms. The Balaban J connectivity index is 2.13. The Morgan fingerprint density at radius 3 is 2.42 bits per heavy atom. The van der Waals surface area contributed by atoms with Gasteiger partial charge in [-0.15, -0.1) is 11.3 Å². The second-order valence-electron chi connectivity index (χ2n) is 4.86. The standard InChI is InChI=1S/C15H20N2OS/c1-9-6-5-7-10(2)14(9)18-8-13-17-12(4)15(19-13)11(3)16/h5-7,11H,8,16H2,1-4H3. The van der Waals surface area contributed by atoms with Crippen LogP contribution in [0.2, 0.25) is 0 Å². The molecule has 0 aliphatic heterocycles. The zero-order valence-corrected chi connectivity index (χ0v) is 12.7. The predicted octanol–water partition coefficient (Wildman–Crippen LogP) is 3.67. The number of hydrogen-bond donors (Lipinski definition) is 1. The smallest absolute Gasteiger partial charge is 0.140 e. The Labute approximate surface area is 118 Å². The highest BCUT2D eigenvalue weighted by Gasteiger charge is 2.12. The van der Waals surface area contributed by atoms with Gasteiger partial charge in [-0.2, -0.15) is 0 Å². The average Bonchev–Trinajstić information content (AvgIpc) is 2.70. The number of aryl methyl sites for hydroxylation is 3. The van der Waals surface area contributed by atoms with E-state index in [0.29, 0.717) is 6.61 Å². The van der Waals surface area contributed by atoms with Crippen molar-refractivity contribution < 1.29 is 4.74 Å². The molecule has 1 atom stereocenters. The maximum Gasteiger partial charge on any atom is 0.140 e. The molecule has 0 fully saturated rings. The number of hydrogen-bond acceptors (Lipinski definition) is 4. The van der Waals surface area contributed by atoms with Crippen molar-refractivity contribution in [3.05, 3.63) is 44.9 Å². The van der Waals surface area contributed by atoms with Gasteiger partial charge in [0.15, 0.2) is 0 Å². The summed E-state index contributed by atoms with van der Waals surface area (Å²) < 4.78 is 5.91. The summed E-state index contributed by atoms with van der Waals surface area (Å²) >= 11 is 1.64. The maximum absolute atomic E-state index is 5.91. The first-order valence-corrected chi connectivity index (χ1v) is 7.21. The molecular formula is C15H20N2OS. The van der Waals surface area contributed by atoms with Crippen molar-refractivity contribution in [3.8, 4) is 5.75 Å². The number of aromatic nitrogens is 1. The first-order chi connectivity index (χ1) is 8.99. The van der Waals surface area contributed by atoms with Gasteiger partial charge in [0.25, 0.3) is 0 Å². The van der Waals surface area contributed by atoms with Gasteiger partial charge in [0.1, 0.15) is 17.4 Å². The summed E-state index contributed by atoms with van der Waals surface area (Å²) in [5.41, 5.74) is 9.23. The highest BCUT2D eigenvalue weighted by molar-refractivity contribution is 7.11. The normalized spacial score (nSPS) is 12.5. The van der Waals surface area contributed by atoms with E-state index in [4.69, 9.17) is 10.5 Å². The highest BCUT2D eigenvalue weighted by Crippen LogP contribution is 2.27. The first kappa shape index (κ1) is 14.0. The van der Waals surface area contributed by atoms with Gasteiger partial charge in [-0.05, 0) is 38.8 Å². The molecule has 0 aliphatic rings. The average molecular weight is 276 g/mol. The fraction of sp³-hybridized carbons (Fsp3) is 0.400. The Morgan fingerprint density at radius 2 is 1.89 bits per heavy atom. The van der Waals surface area contributed by atoms with Gasteiger partial charge < -0.3 is 10.5 Å². The molecule has 0 amide bonds. The van der Waals surface area contributed by atoms with Crippen molar-refractivity contribution in [2.45, 2.75) is 40.3 Å². The minimum Gasteiger partial charge on any atom is -0.486 e. The largest absolute Gasteiger partial charge is 0.486 e. The molecule has 1 aromatic carbocycles. The lowest BCUT2D eigenvalue weighted by Crippen LogP contribution is -2.03. The minimum absolute atomic E-state index is 0.0337. The van der Waals surface area contributed by atoms with Crippen molar-refractivity contribution in [1.29, 1.82) is 0 Å². The summed E-state index contributed by atoms with van der Waals surface area (Å²) in [6, 6.07) is 6.19. The van der Waals surface area contributed by atoms with Crippen molar-refractivity contribution in [3.63, 3.8) is 0 Å². The number of rotatable bonds is 4. The summed E-state index contributed by atoms with van der Waals surface area (Å²) in [6.07, 6.45) is 0. The van der Waals surface area contributed by atoms with E-state index in [9.17, 15) is 0 Å². The van der Waals surface area contributed by atoms with Crippen LogP contribution in [0.25, 0.3) is 0 Å². The molecule has 0 spiro atoms. The molecule has 3 nitrogen and oxygen atoms in total. The summed E-state index contributed by atoms with van der Waals surface area (Å²) in [7, 11) is 0. The summed E-state index contributed by atoms with van der Waals surface area (Å²) in [4.78, 5) is 5.66. The molecule has 0 bridgehead atoms. The van der Waals surface area contributed by atoms with E-state index in [1.807, 2.05) is 19.9 Å². The van der Waals surface area contributed by atoms with Gasteiger partial charge in [0.2, 0.25) is 0 Å². The van der Waals surface area contributed by atoms with Crippen LogP contribution in [0.3, 0.4) is 0 Å². The van der Waals surface area contributed by atoms with E-state index in [1.165, 1.54) is 0 Å². The van der Waals surface area contributed by atoms with Crippen molar-refractivity contribution >= 4 is 11.3 Å². The third-order valence-corrected chi connectivity index (χ3v) is 4.37. The molecule has 0 radical (unpaired) electrons. The summed E-state index contributed by atoms with van der Waals surface area (Å²) in [5.74, 6) is 0.956. The molecule has 2 N–H and O–H groups in total. The molecule has 0 aliphatic carbocycles. The highest BCUT2D eigenvalue weighted by atomic mass is 32.1. The van der Waals surface area contributed by atoms with Gasteiger partial charge >= 0.3 is 0 Å². The van der Waals surface area contributed by atoms with E-state index in [1.54, 1.807) is 11.3 Å². The van der Waals surface area contributed by atoms with Crippen LogP contribution in [0.4, 0.5) is 0 Å². The molecule has 2 aromatic rings. The Morgan fingerprint density at radius 1 is 1.26 bits per heavy atom. The molecule has 102 valence electrons. The van der Waals surface area contributed by atoms with Gasteiger partial charge in [-0.25, -0.2) is 4.98 Å². The first-order valence-electron chi connectivity index (χ1n) is 6.40. The zero-order valence-electron chi connectivity index (χ0n) is 11.9. The van der Waals surface area contributed by atoms with E-state index >= 15 is 0 Å². The van der Waals surface area contributed by atoms with E-state index < -0.39 is 0 Å². The SMILES string of the molecule is Cc1cccc(C)c1OCc1nc(C)c(C(C)N)s1. The van der Waals surface area contributed by atoms with Crippen LogP contribution in [0.15, 0.2) is 18.2 Å². The third kappa shape index (κ3) is 3.14. The van der Waals surface area contributed by atoms with E-state index in [2.05, 4.69) is 31.0 Å². The number of thiazole rings is 1. The molecule has 1 unspecified atom stereocenters. The van der Waals surface area contributed by atoms with Crippen LogP contribution >= 0.6 is 11.3 Å². The molecular weight excluding hydrogens is 256 g/mol. The van der Waals surface area contributed by atoms with Crippen molar-refractivity contribution in [2.75, 3.05) is 0 Å². The monoisotopic (exact) mass is 276 g/mol. The fourth-order valence-electron chi connectivity index (χ4n) is 2.11. The second-order valence-corrected chi connectivity index (χ2v) is 5.97. The Bertz CT molecular complexity index is 555. The lowest BCUT2D eigenvalue weighted by atomic mass is 10.1. The summed E-state index contributed by atoms with van der Waals surface area (Å²) in [5, 5.41) is 0.979. The molecule has 4 heteroatoms. The number of para-hydroxylation sites is 1. The summed E-state index contributed by atoms with van der Waals surface area (Å²) in [6.45, 7) is 8.60. The molecule has 1 aromatic heterocycles. The number of nitrogens with two attached hydrogens (primary N) is 1.